The summed E-state index contributed by atoms with van der Waals surface area (Å²) in [6, 6.07) is 4.50. The maximum atomic E-state index is 11.1. The molecule has 2 N–H and O–H groups in total. The van der Waals surface area contributed by atoms with Crippen LogP contribution in [0.4, 0.5) is 0 Å². The first-order valence-electron chi connectivity index (χ1n) is 4.15. The van der Waals surface area contributed by atoms with Crippen molar-refractivity contribution in [1.29, 1.82) is 0 Å². The van der Waals surface area contributed by atoms with Gasteiger partial charge in [0.15, 0.2) is 0 Å². The Bertz CT molecular complexity index is 355. The van der Waals surface area contributed by atoms with Gasteiger partial charge < -0.3 is 10.5 Å². The fourth-order valence-corrected chi connectivity index (χ4v) is 1.25. The van der Waals surface area contributed by atoms with Gasteiger partial charge in [0.1, 0.15) is 6.04 Å². The summed E-state index contributed by atoms with van der Waals surface area (Å²) in [6.07, 6.45) is 0. The number of aryl methyl sites for hydroxylation is 1. The SMILES string of the molecule is COC(=O)[C@@H](N)c1ccc(C)c(Cl)c1.Cl. The fraction of sp³-hybridized carbons (Fsp3) is 0.300. The molecular weight excluding hydrogens is 237 g/mol. The molecule has 0 spiro atoms. The third-order valence-electron chi connectivity index (χ3n) is 2.01. The van der Waals surface area contributed by atoms with E-state index in [-0.39, 0.29) is 12.4 Å². The van der Waals surface area contributed by atoms with E-state index in [1.165, 1.54) is 7.11 Å². The average Bonchev–Trinajstić information content (AvgIpc) is 2.20. The Morgan fingerprint density at radius 1 is 1.53 bits per heavy atom. The van der Waals surface area contributed by atoms with Gasteiger partial charge in [-0.3, -0.25) is 4.79 Å². The van der Waals surface area contributed by atoms with Gasteiger partial charge in [0, 0.05) is 5.02 Å². The molecule has 0 aliphatic heterocycles. The van der Waals surface area contributed by atoms with E-state index in [0.717, 1.165) is 5.56 Å². The van der Waals surface area contributed by atoms with E-state index in [2.05, 4.69) is 4.74 Å². The molecule has 1 aromatic carbocycles. The maximum absolute atomic E-state index is 11.1. The van der Waals surface area contributed by atoms with Gasteiger partial charge in [-0.25, -0.2) is 0 Å². The molecule has 5 heteroatoms. The van der Waals surface area contributed by atoms with Crippen LogP contribution in [0.1, 0.15) is 17.2 Å². The molecule has 0 amide bonds. The zero-order chi connectivity index (χ0) is 10.7. The summed E-state index contributed by atoms with van der Waals surface area (Å²) in [6.45, 7) is 1.88. The van der Waals surface area contributed by atoms with Crippen molar-refractivity contribution < 1.29 is 9.53 Å². The standard InChI is InChI=1S/C10H12ClNO2.ClH/c1-6-3-4-7(5-8(6)11)9(12)10(13)14-2;/h3-5,9H,12H2,1-2H3;1H/t9-;/m0./s1. The van der Waals surface area contributed by atoms with Crippen LogP contribution in [-0.4, -0.2) is 13.1 Å². The first-order valence-corrected chi connectivity index (χ1v) is 4.53. The van der Waals surface area contributed by atoms with E-state index in [9.17, 15) is 4.79 Å². The Balaban J connectivity index is 0.00000196. The summed E-state index contributed by atoms with van der Waals surface area (Å²) in [5, 5.41) is 0.599. The molecule has 0 saturated heterocycles. The Kier molecular flexibility index (Phi) is 5.65. The number of hydrogen-bond donors (Lipinski definition) is 1. The number of hydrogen-bond acceptors (Lipinski definition) is 3. The van der Waals surface area contributed by atoms with Gasteiger partial charge in [-0.2, -0.15) is 0 Å². The monoisotopic (exact) mass is 249 g/mol. The van der Waals surface area contributed by atoms with E-state index in [4.69, 9.17) is 17.3 Å². The van der Waals surface area contributed by atoms with Crippen LogP contribution in [0.25, 0.3) is 0 Å². The number of esters is 1. The van der Waals surface area contributed by atoms with Crippen LogP contribution < -0.4 is 5.73 Å². The lowest BCUT2D eigenvalue weighted by Gasteiger charge is -2.10. The van der Waals surface area contributed by atoms with Crippen LogP contribution in [-0.2, 0) is 9.53 Å². The second-order valence-electron chi connectivity index (χ2n) is 3.01. The largest absolute Gasteiger partial charge is 0.468 e. The highest BCUT2D eigenvalue weighted by Gasteiger charge is 2.16. The predicted octanol–water partition coefficient (Wildman–Crippen LogP) is 2.24. The third-order valence-corrected chi connectivity index (χ3v) is 2.42. The first-order chi connectivity index (χ1) is 6.56. The molecule has 0 heterocycles. The summed E-state index contributed by atoms with van der Waals surface area (Å²) in [5.74, 6) is -0.468. The molecule has 84 valence electrons. The maximum Gasteiger partial charge on any atom is 0.327 e. The first kappa shape index (κ1) is 14.2. The smallest absolute Gasteiger partial charge is 0.327 e. The van der Waals surface area contributed by atoms with Gasteiger partial charge in [-0.05, 0) is 24.1 Å². The number of halogens is 2. The van der Waals surface area contributed by atoms with E-state index in [1.807, 2.05) is 13.0 Å². The summed E-state index contributed by atoms with van der Waals surface area (Å²) < 4.78 is 4.53. The molecular formula is C10H13Cl2NO2. The molecule has 0 aliphatic carbocycles. The number of rotatable bonds is 2. The normalized spacial score (nSPS) is 11.5. The molecule has 0 aliphatic rings. The second kappa shape index (κ2) is 5.95. The molecule has 0 unspecified atom stereocenters. The number of carbonyl (C=O) groups excluding carboxylic acids is 1. The summed E-state index contributed by atoms with van der Waals surface area (Å²) in [7, 11) is 1.30. The van der Waals surface area contributed by atoms with Gasteiger partial charge in [0.2, 0.25) is 0 Å². The predicted molar refractivity (Wildman–Crippen MR) is 62.4 cm³/mol. The molecule has 0 bridgehead atoms. The minimum atomic E-state index is -0.766. The molecule has 0 saturated carbocycles. The number of carbonyl (C=O) groups is 1. The lowest BCUT2D eigenvalue weighted by atomic mass is 10.1. The van der Waals surface area contributed by atoms with Crippen molar-refractivity contribution in [2.45, 2.75) is 13.0 Å². The van der Waals surface area contributed by atoms with Gasteiger partial charge in [-0.1, -0.05) is 23.7 Å². The third kappa shape index (κ3) is 3.38. The fourth-order valence-electron chi connectivity index (χ4n) is 1.07. The van der Waals surface area contributed by atoms with Crippen molar-refractivity contribution in [3.63, 3.8) is 0 Å². The van der Waals surface area contributed by atoms with E-state index in [0.29, 0.717) is 10.6 Å². The second-order valence-corrected chi connectivity index (χ2v) is 3.42. The highest BCUT2D eigenvalue weighted by Crippen LogP contribution is 2.20. The van der Waals surface area contributed by atoms with Crippen molar-refractivity contribution in [3.8, 4) is 0 Å². The minimum absolute atomic E-state index is 0. The highest BCUT2D eigenvalue weighted by molar-refractivity contribution is 6.31. The number of methoxy groups -OCH3 is 1. The van der Waals surface area contributed by atoms with Crippen LogP contribution in [0, 0.1) is 6.92 Å². The minimum Gasteiger partial charge on any atom is -0.468 e. The van der Waals surface area contributed by atoms with Crippen molar-refractivity contribution in [2.75, 3.05) is 7.11 Å². The van der Waals surface area contributed by atoms with Gasteiger partial charge in [-0.15, -0.1) is 12.4 Å². The highest BCUT2D eigenvalue weighted by atomic mass is 35.5. The lowest BCUT2D eigenvalue weighted by molar-refractivity contribution is -0.142. The van der Waals surface area contributed by atoms with Crippen LogP contribution in [0.3, 0.4) is 0 Å². The Labute approximate surface area is 100.0 Å². The van der Waals surface area contributed by atoms with Gasteiger partial charge in [0.05, 0.1) is 7.11 Å². The van der Waals surface area contributed by atoms with Crippen molar-refractivity contribution >= 4 is 30.0 Å². The number of benzene rings is 1. The zero-order valence-electron chi connectivity index (χ0n) is 8.49. The topological polar surface area (TPSA) is 52.3 Å². The average molecular weight is 250 g/mol. The van der Waals surface area contributed by atoms with E-state index < -0.39 is 12.0 Å². The molecule has 3 nitrogen and oxygen atoms in total. The van der Waals surface area contributed by atoms with Crippen molar-refractivity contribution in [1.82, 2.24) is 0 Å². The van der Waals surface area contributed by atoms with E-state index in [1.54, 1.807) is 12.1 Å². The molecule has 1 aromatic rings. The zero-order valence-corrected chi connectivity index (χ0v) is 10.1. The Morgan fingerprint density at radius 2 is 2.13 bits per heavy atom. The summed E-state index contributed by atoms with van der Waals surface area (Å²) >= 11 is 5.90. The molecule has 1 rings (SSSR count). The molecule has 1 atom stereocenters. The molecule has 0 aromatic heterocycles. The van der Waals surface area contributed by atoms with Gasteiger partial charge >= 0.3 is 5.97 Å². The Hall–Kier alpha value is -0.770. The lowest BCUT2D eigenvalue weighted by Crippen LogP contribution is -2.22. The van der Waals surface area contributed by atoms with Crippen LogP contribution in [0.5, 0.6) is 0 Å². The Morgan fingerprint density at radius 3 is 2.60 bits per heavy atom. The number of nitrogens with two attached hydrogens (primary N) is 1. The summed E-state index contributed by atoms with van der Waals surface area (Å²) in [5.41, 5.74) is 7.25. The van der Waals surface area contributed by atoms with Crippen molar-refractivity contribution in [2.24, 2.45) is 5.73 Å². The quantitative estimate of drug-likeness (QED) is 0.819. The van der Waals surface area contributed by atoms with Crippen molar-refractivity contribution in [3.05, 3.63) is 34.3 Å². The summed E-state index contributed by atoms with van der Waals surface area (Å²) in [4.78, 5) is 11.1. The van der Waals surface area contributed by atoms with E-state index >= 15 is 0 Å². The molecule has 15 heavy (non-hydrogen) atoms. The van der Waals surface area contributed by atoms with Crippen LogP contribution in [0.2, 0.25) is 5.02 Å². The van der Waals surface area contributed by atoms with Crippen LogP contribution >= 0.6 is 24.0 Å². The number of ether oxygens (including phenoxy) is 1. The van der Waals surface area contributed by atoms with Crippen LogP contribution in [0.15, 0.2) is 18.2 Å². The van der Waals surface area contributed by atoms with Gasteiger partial charge in [0.25, 0.3) is 0 Å². The molecule has 0 fully saturated rings. The molecule has 0 radical (unpaired) electrons.